The fourth-order valence-electron chi connectivity index (χ4n) is 1.80. The van der Waals surface area contributed by atoms with Crippen LogP contribution in [0.3, 0.4) is 0 Å². The fraction of sp³-hybridized carbons (Fsp3) is 0.308. The van der Waals surface area contributed by atoms with Gasteiger partial charge in [-0.05, 0) is 12.0 Å². The minimum absolute atomic E-state index is 0.0992. The molecule has 100 valence electrons. The molecule has 1 unspecified atom stereocenters. The van der Waals surface area contributed by atoms with Crippen LogP contribution in [0.5, 0.6) is 0 Å². The first-order chi connectivity index (χ1) is 9.28. The zero-order chi connectivity index (χ0) is 13.5. The number of carbonyl (C=O) groups excluding carboxylic acids is 1. The maximum absolute atomic E-state index is 11.8. The van der Waals surface area contributed by atoms with Gasteiger partial charge in [0.2, 0.25) is 5.91 Å². The van der Waals surface area contributed by atoms with E-state index in [9.17, 15) is 9.90 Å². The number of carbonyl (C=O) groups is 1. The quantitative estimate of drug-likeness (QED) is 0.766. The summed E-state index contributed by atoms with van der Waals surface area (Å²) >= 11 is 0. The van der Waals surface area contributed by atoms with Crippen molar-refractivity contribution in [3.63, 3.8) is 0 Å². The van der Waals surface area contributed by atoms with Crippen molar-refractivity contribution in [3.8, 4) is 0 Å². The fourth-order valence-corrected chi connectivity index (χ4v) is 1.80. The molecule has 0 fully saturated rings. The number of benzene rings is 1. The Morgan fingerprint density at radius 3 is 2.79 bits per heavy atom. The number of aliphatic hydroxyl groups excluding tert-OH is 1. The maximum Gasteiger partial charge on any atom is 0.242 e. The zero-order valence-electron chi connectivity index (χ0n) is 10.4. The molecule has 0 aliphatic carbocycles. The molecule has 6 heteroatoms. The smallest absolute Gasteiger partial charge is 0.242 e. The number of rotatable bonds is 6. The van der Waals surface area contributed by atoms with E-state index in [4.69, 9.17) is 0 Å². The Morgan fingerprint density at radius 2 is 2.16 bits per heavy atom. The van der Waals surface area contributed by atoms with E-state index in [0.29, 0.717) is 6.42 Å². The molecule has 0 spiro atoms. The van der Waals surface area contributed by atoms with Crippen LogP contribution in [-0.4, -0.2) is 38.7 Å². The van der Waals surface area contributed by atoms with Crippen molar-refractivity contribution in [2.75, 3.05) is 6.61 Å². The molecule has 19 heavy (non-hydrogen) atoms. The lowest BCUT2D eigenvalue weighted by Crippen LogP contribution is -2.40. The third kappa shape index (κ3) is 4.18. The van der Waals surface area contributed by atoms with Crippen molar-refractivity contribution in [1.29, 1.82) is 0 Å². The van der Waals surface area contributed by atoms with Crippen LogP contribution in [0.1, 0.15) is 5.56 Å². The summed E-state index contributed by atoms with van der Waals surface area (Å²) in [6.07, 6.45) is 3.73. The largest absolute Gasteiger partial charge is 0.394 e. The van der Waals surface area contributed by atoms with E-state index in [1.54, 1.807) is 6.20 Å². The Bertz CT molecular complexity index is 499. The van der Waals surface area contributed by atoms with Gasteiger partial charge >= 0.3 is 0 Å². The summed E-state index contributed by atoms with van der Waals surface area (Å²) < 4.78 is 1.44. The van der Waals surface area contributed by atoms with E-state index >= 15 is 0 Å². The normalized spacial score (nSPS) is 12.1. The molecule has 1 aromatic carbocycles. The minimum atomic E-state index is -0.293. The van der Waals surface area contributed by atoms with Gasteiger partial charge in [-0.1, -0.05) is 35.5 Å². The zero-order valence-corrected chi connectivity index (χ0v) is 10.4. The highest BCUT2D eigenvalue weighted by atomic mass is 16.3. The van der Waals surface area contributed by atoms with Crippen LogP contribution in [0.4, 0.5) is 0 Å². The van der Waals surface area contributed by atoms with E-state index in [-0.39, 0.29) is 25.1 Å². The van der Waals surface area contributed by atoms with Crippen LogP contribution in [0.2, 0.25) is 0 Å². The molecule has 1 amide bonds. The predicted molar refractivity (Wildman–Crippen MR) is 69.2 cm³/mol. The lowest BCUT2D eigenvalue weighted by Gasteiger charge is -2.16. The highest BCUT2D eigenvalue weighted by Gasteiger charge is 2.12. The molecule has 1 atom stereocenters. The van der Waals surface area contributed by atoms with Crippen molar-refractivity contribution in [2.45, 2.75) is 19.0 Å². The summed E-state index contributed by atoms with van der Waals surface area (Å²) in [7, 11) is 0. The standard InChI is InChI=1S/C13H16N4O2/c18-10-12(8-11-4-2-1-3-5-11)15-13(19)9-17-7-6-14-16-17/h1-7,12,18H,8-10H2,(H,15,19). The van der Waals surface area contributed by atoms with Gasteiger partial charge in [-0.2, -0.15) is 0 Å². The van der Waals surface area contributed by atoms with Crippen LogP contribution in [0, 0.1) is 0 Å². The van der Waals surface area contributed by atoms with Crippen LogP contribution >= 0.6 is 0 Å². The third-order valence-electron chi connectivity index (χ3n) is 2.69. The molecule has 2 N–H and O–H groups in total. The predicted octanol–water partition coefficient (Wildman–Crippen LogP) is -0.00210. The average molecular weight is 260 g/mol. The number of hydrogen-bond donors (Lipinski definition) is 2. The summed E-state index contributed by atoms with van der Waals surface area (Å²) in [6, 6.07) is 9.43. The van der Waals surface area contributed by atoms with Gasteiger partial charge in [-0.25, -0.2) is 4.68 Å². The summed E-state index contributed by atoms with van der Waals surface area (Å²) in [6.45, 7) is 0.00326. The minimum Gasteiger partial charge on any atom is -0.394 e. The van der Waals surface area contributed by atoms with Gasteiger partial charge in [-0.15, -0.1) is 5.10 Å². The molecular weight excluding hydrogens is 244 g/mol. The van der Waals surface area contributed by atoms with Gasteiger partial charge in [0.1, 0.15) is 6.54 Å². The SMILES string of the molecule is O=C(Cn1ccnn1)NC(CO)Cc1ccccc1. The molecule has 0 saturated carbocycles. The first kappa shape index (κ1) is 13.2. The second-order valence-electron chi connectivity index (χ2n) is 4.24. The molecule has 6 nitrogen and oxygen atoms in total. The van der Waals surface area contributed by atoms with Gasteiger partial charge in [0.05, 0.1) is 18.8 Å². The Hall–Kier alpha value is -2.21. The molecule has 0 bridgehead atoms. The molecule has 2 aromatic rings. The van der Waals surface area contributed by atoms with Gasteiger partial charge in [0.25, 0.3) is 0 Å². The van der Waals surface area contributed by atoms with Crippen LogP contribution in [0.25, 0.3) is 0 Å². The highest BCUT2D eigenvalue weighted by molar-refractivity contribution is 5.75. The average Bonchev–Trinajstić information content (AvgIpc) is 2.92. The van der Waals surface area contributed by atoms with E-state index in [1.165, 1.54) is 10.9 Å². The Kier molecular flexibility index (Phi) is 4.63. The van der Waals surface area contributed by atoms with E-state index in [0.717, 1.165) is 5.56 Å². The van der Waals surface area contributed by atoms with E-state index in [1.807, 2.05) is 30.3 Å². The second kappa shape index (κ2) is 6.65. The molecule has 0 aliphatic rings. The number of hydrogen-bond acceptors (Lipinski definition) is 4. The summed E-state index contributed by atoms with van der Waals surface area (Å²) in [4.78, 5) is 11.8. The summed E-state index contributed by atoms with van der Waals surface area (Å²) in [5.41, 5.74) is 1.07. The van der Waals surface area contributed by atoms with E-state index in [2.05, 4.69) is 15.6 Å². The number of nitrogens with zero attached hydrogens (tertiary/aromatic N) is 3. The Morgan fingerprint density at radius 1 is 1.37 bits per heavy atom. The van der Waals surface area contributed by atoms with Crippen molar-refractivity contribution in [3.05, 3.63) is 48.3 Å². The second-order valence-corrected chi connectivity index (χ2v) is 4.24. The lowest BCUT2D eigenvalue weighted by molar-refractivity contribution is -0.122. The van der Waals surface area contributed by atoms with Crippen LogP contribution in [-0.2, 0) is 17.8 Å². The van der Waals surface area contributed by atoms with E-state index < -0.39 is 0 Å². The number of aromatic nitrogens is 3. The van der Waals surface area contributed by atoms with Crippen LogP contribution in [0.15, 0.2) is 42.7 Å². The Balaban J connectivity index is 1.86. The summed E-state index contributed by atoms with van der Waals surface area (Å²) in [5.74, 6) is -0.194. The lowest BCUT2D eigenvalue weighted by atomic mass is 10.1. The van der Waals surface area contributed by atoms with Gasteiger partial charge < -0.3 is 10.4 Å². The highest BCUT2D eigenvalue weighted by Crippen LogP contribution is 2.02. The van der Waals surface area contributed by atoms with Crippen molar-refractivity contribution >= 4 is 5.91 Å². The van der Waals surface area contributed by atoms with Crippen LogP contribution < -0.4 is 5.32 Å². The molecule has 0 aliphatic heterocycles. The van der Waals surface area contributed by atoms with Gasteiger partial charge in [-0.3, -0.25) is 4.79 Å². The summed E-state index contributed by atoms with van der Waals surface area (Å²) in [5, 5.41) is 19.4. The maximum atomic E-state index is 11.8. The van der Waals surface area contributed by atoms with Gasteiger partial charge in [0, 0.05) is 6.20 Å². The van der Waals surface area contributed by atoms with Crippen molar-refractivity contribution in [2.24, 2.45) is 0 Å². The number of nitrogens with one attached hydrogen (secondary N) is 1. The first-order valence-electron chi connectivity index (χ1n) is 6.06. The first-order valence-corrected chi connectivity index (χ1v) is 6.06. The number of amides is 1. The molecular formula is C13H16N4O2. The monoisotopic (exact) mass is 260 g/mol. The topological polar surface area (TPSA) is 80.0 Å². The van der Waals surface area contributed by atoms with Crippen molar-refractivity contribution in [1.82, 2.24) is 20.3 Å². The third-order valence-corrected chi connectivity index (χ3v) is 2.69. The molecule has 0 radical (unpaired) electrons. The molecule has 1 aromatic heterocycles. The van der Waals surface area contributed by atoms with Crippen molar-refractivity contribution < 1.29 is 9.90 Å². The van der Waals surface area contributed by atoms with Gasteiger partial charge in [0.15, 0.2) is 0 Å². The molecule has 1 heterocycles. The molecule has 2 rings (SSSR count). The molecule has 0 saturated heterocycles. The number of aliphatic hydroxyl groups is 1. The Labute approximate surface area is 111 Å².